The van der Waals surface area contributed by atoms with E-state index in [0.717, 1.165) is 25.5 Å². The number of rotatable bonds is 6. The first kappa shape index (κ1) is 23.1. The lowest BCUT2D eigenvalue weighted by Gasteiger charge is -2.22. The summed E-state index contributed by atoms with van der Waals surface area (Å²) in [5.41, 5.74) is 0.0757. The first-order chi connectivity index (χ1) is 13.1. The maximum absolute atomic E-state index is 14.0. The van der Waals surface area contributed by atoms with Gasteiger partial charge in [-0.1, -0.05) is 13.0 Å². The molecule has 0 amide bonds. The largest absolute Gasteiger partial charge is 0.365 e. The fourth-order valence-electron chi connectivity index (χ4n) is 4.10. The van der Waals surface area contributed by atoms with E-state index < -0.39 is 11.6 Å². The highest BCUT2D eigenvalue weighted by molar-refractivity contribution is 14.0. The van der Waals surface area contributed by atoms with Gasteiger partial charge in [-0.2, -0.15) is 0 Å². The SMILES string of the molecule is CCCN1CCC(CNC(=NC)NC2CCN(c3c(F)cccc3F)C2)C1.I. The molecule has 2 atom stereocenters. The van der Waals surface area contributed by atoms with Crippen molar-refractivity contribution in [2.45, 2.75) is 32.2 Å². The Morgan fingerprint density at radius 3 is 2.61 bits per heavy atom. The van der Waals surface area contributed by atoms with Crippen molar-refractivity contribution in [3.05, 3.63) is 29.8 Å². The second-order valence-electron chi connectivity index (χ2n) is 7.55. The Hall–Kier alpha value is -1.16. The molecule has 1 aromatic rings. The van der Waals surface area contributed by atoms with Gasteiger partial charge in [0.15, 0.2) is 5.96 Å². The quantitative estimate of drug-likeness (QED) is 0.353. The van der Waals surface area contributed by atoms with Crippen molar-refractivity contribution < 1.29 is 8.78 Å². The molecule has 0 bridgehead atoms. The molecule has 2 aliphatic heterocycles. The smallest absolute Gasteiger partial charge is 0.191 e. The zero-order chi connectivity index (χ0) is 19.2. The molecule has 0 saturated carbocycles. The Bertz CT molecular complexity index is 637. The average Bonchev–Trinajstić information content (AvgIpc) is 3.28. The maximum Gasteiger partial charge on any atom is 0.191 e. The van der Waals surface area contributed by atoms with Gasteiger partial charge in [0.2, 0.25) is 0 Å². The molecule has 0 aliphatic carbocycles. The molecule has 0 radical (unpaired) electrons. The van der Waals surface area contributed by atoms with Gasteiger partial charge in [-0.15, -0.1) is 24.0 Å². The molecule has 2 aliphatic rings. The highest BCUT2D eigenvalue weighted by Gasteiger charge is 2.27. The Balaban J connectivity index is 0.00000280. The van der Waals surface area contributed by atoms with Crippen molar-refractivity contribution in [2.24, 2.45) is 10.9 Å². The highest BCUT2D eigenvalue weighted by atomic mass is 127. The summed E-state index contributed by atoms with van der Waals surface area (Å²) in [6.07, 6.45) is 3.24. The molecule has 8 heteroatoms. The molecule has 2 saturated heterocycles. The lowest BCUT2D eigenvalue weighted by atomic mass is 10.1. The van der Waals surface area contributed by atoms with E-state index in [1.54, 1.807) is 11.9 Å². The Morgan fingerprint density at radius 2 is 1.93 bits per heavy atom. The number of benzene rings is 1. The van der Waals surface area contributed by atoms with Gasteiger partial charge in [0, 0.05) is 39.3 Å². The lowest BCUT2D eigenvalue weighted by Crippen LogP contribution is -2.46. The van der Waals surface area contributed by atoms with Gasteiger partial charge in [-0.25, -0.2) is 8.78 Å². The molecular formula is C20H32F2IN5. The minimum atomic E-state index is -0.504. The molecule has 1 aromatic carbocycles. The number of aliphatic imine (C=N–C) groups is 1. The molecule has 2 heterocycles. The van der Waals surface area contributed by atoms with Crippen LogP contribution >= 0.6 is 24.0 Å². The zero-order valence-electron chi connectivity index (χ0n) is 16.8. The summed E-state index contributed by atoms with van der Waals surface area (Å²) in [7, 11) is 1.76. The van der Waals surface area contributed by atoms with Crippen molar-refractivity contribution in [3.8, 4) is 0 Å². The minimum Gasteiger partial charge on any atom is -0.365 e. The molecule has 0 spiro atoms. The summed E-state index contributed by atoms with van der Waals surface area (Å²) >= 11 is 0. The van der Waals surface area contributed by atoms with Crippen LogP contribution in [0, 0.1) is 17.6 Å². The van der Waals surface area contributed by atoms with E-state index in [9.17, 15) is 8.78 Å². The monoisotopic (exact) mass is 507 g/mol. The fraction of sp³-hybridized carbons (Fsp3) is 0.650. The summed E-state index contributed by atoms with van der Waals surface area (Å²) < 4.78 is 28.0. The van der Waals surface area contributed by atoms with Gasteiger partial charge in [0.1, 0.15) is 17.3 Å². The zero-order valence-corrected chi connectivity index (χ0v) is 19.1. The second kappa shape index (κ2) is 11.1. The number of nitrogens with one attached hydrogen (secondary N) is 2. The Morgan fingerprint density at radius 1 is 1.18 bits per heavy atom. The van der Waals surface area contributed by atoms with Crippen LogP contribution in [-0.2, 0) is 0 Å². The maximum atomic E-state index is 14.0. The molecule has 28 heavy (non-hydrogen) atoms. The van der Waals surface area contributed by atoms with Crippen LogP contribution in [0.4, 0.5) is 14.5 Å². The summed E-state index contributed by atoms with van der Waals surface area (Å²) in [5.74, 6) is 0.402. The van der Waals surface area contributed by atoms with Crippen LogP contribution in [0.15, 0.2) is 23.2 Å². The number of para-hydroxylation sites is 1. The lowest BCUT2D eigenvalue weighted by molar-refractivity contribution is 0.324. The van der Waals surface area contributed by atoms with Gasteiger partial charge in [0.05, 0.1) is 0 Å². The first-order valence-electron chi connectivity index (χ1n) is 9.99. The third-order valence-corrected chi connectivity index (χ3v) is 5.47. The molecule has 0 aromatic heterocycles. The minimum absolute atomic E-state index is 0. The standard InChI is InChI=1S/C20H31F2N5.HI/c1-3-9-26-10-7-15(13-26)12-24-20(23-2)25-16-8-11-27(14-16)19-17(21)5-4-6-18(19)22;/h4-6,15-16H,3,7-14H2,1-2H3,(H2,23,24,25);1H. The summed E-state index contributed by atoms with van der Waals surface area (Å²) in [5, 5.41) is 6.83. The average molecular weight is 507 g/mol. The molecule has 2 unspecified atom stereocenters. The van der Waals surface area contributed by atoms with Crippen molar-refractivity contribution in [1.29, 1.82) is 0 Å². The topological polar surface area (TPSA) is 42.9 Å². The van der Waals surface area contributed by atoms with E-state index in [-0.39, 0.29) is 35.7 Å². The van der Waals surface area contributed by atoms with E-state index in [1.807, 2.05) is 0 Å². The number of hydrogen-bond acceptors (Lipinski definition) is 3. The molecule has 158 valence electrons. The molecular weight excluding hydrogens is 475 g/mol. The fourth-order valence-corrected chi connectivity index (χ4v) is 4.10. The normalized spacial score (nSPS) is 23.0. The molecule has 2 fully saturated rings. The van der Waals surface area contributed by atoms with Gasteiger partial charge < -0.3 is 20.4 Å². The van der Waals surface area contributed by atoms with Crippen LogP contribution in [-0.4, -0.2) is 63.2 Å². The summed E-state index contributed by atoms with van der Waals surface area (Å²) in [6.45, 7) is 7.80. The third kappa shape index (κ3) is 5.92. The molecule has 5 nitrogen and oxygen atoms in total. The number of likely N-dealkylation sites (tertiary alicyclic amines) is 1. The van der Waals surface area contributed by atoms with E-state index in [4.69, 9.17) is 0 Å². The molecule has 2 N–H and O–H groups in total. The van der Waals surface area contributed by atoms with Gasteiger partial charge >= 0.3 is 0 Å². The van der Waals surface area contributed by atoms with E-state index in [1.165, 1.54) is 44.1 Å². The van der Waals surface area contributed by atoms with Crippen molar-refractivity contribution >= 4 is 35.6 Å². The number of hydrogen-bond donors (Lipinski definition) is 2. The Labute approximate surface area is 184 Å². The number of nitrogens with zero attached hydrogens (tertiary/aromatic N) is 3. The highest BCUT2D eigenvalue weighted by Crippen LogP contribution is 2.26. The van der Waals surface area contributed by atoms with Crippen LogP contribution in [0.2, 0.25) is 0 Å². The van der Waals surface area contributed by atoms with Gasteiger partial charge in [-0.05, 0) is 50.4 Å². The summed E-state index contributed by atoms with van der Waals surface area (Å²) in [6, 6.07) is 4.14. The number of guanidine groups is 1. The Kier molecular flexibility index (Phi) is 9.20. The predicted octanol–water partition coefficient (Wildman–Crippen LogP) is 3.06. The molecule has 3 rings (SSSR count). The van der Waals surface area contributed by atoms with Crippen LogP contribution < -0.4 is 15.5 Å². The van der Waals surface area contributed by atoms with Crippen LogP contribution in [0.5, 0.6) is 0 Å². The number of anilines is 1. The van der Waals surface area contributed by atoms with Crippen molar-refractivity contribution in [3.63, 3.8) is 0 Å². The summed E-state index contributed by atoms with van der Waals surface area (Å²) in [4.78, 5) is 8.60. The predicted molar refractivity (Wildman–Crippen MR) is 122 cm³/mol. The van der Waals surface area contributed by atoms with Crippen LogP contribution in [0.3, 0.4) is 0 Å². The van der Waals surface area contributed by atoms with E-state index in [2.05, 4.69) is 27.4 Å². The van der Waals surface area contributed by atoms with Gasteiger partial charge in [0.25, 0.3) is 0 Å². The second-order valence-corrected chi connectivity index (χ2v) is 7.55. The van der Waals surface area contributed by atoms with Crippen molar-refractivity contribution in [2.75, 3.05) is 51.2 Å². The van der Waals surface area contributed by atoms with E-state index >= 15 is 0 Å². The number of halogens is 3. The van der Waals surface area contributed by atoms with Crippen LogP contribution in [0.25, 0.3) is 0 Å². The van der Waals surface area contributed by atoms with Gasteiger partial charge in [-0.3, -0.25) is 4.99 Å². The third-order valence-electron chi connectivity index (χ3n) is 5.47. The first-order valence-corrected chi connectivity index (χ1v) is 9.99. The van der Waals surface area contributed by atoms with Crippen LogP contribution in [0.1, 0.15) is 26.2 Å². The van der Waals surface area contributed by atoms with Crippen molar-refractivity contribution in [1.82, 2.24) is 15.5 Å². The van der Waals surface area contributed by atoms with E-state index in [0.29, 0.717) is 19.0 Å².